The molecule has 3 N–H and O–H groups in total. The van der Waals surface area contributed by atoms with E-state index >= 15 is 0 Å². The van der Waals surface area contributed by atoms with E-state index in [0.717, 1.165) is 18.2 Å². The van der Waals surface area contributed by atoms with E-state index in [4.69, 9.17) is 5.73 Å². The molecule has 5 heteroatoms. The normalized spacial score (nSPS) is 14.2. The fourth-order valence-corrected chi connectivity index (χ4v) is 1.61. The van der Waals surface area contributed by atoms with Gasteiger partial charge in [-0.2, -0.15) is 0 Å². The Labute approximate surface area is 99.0 Å². The minimum Gasteiger partial charge on any atom is -0.350 e. The second-order valence-electron chi connectivity index (χ2n) is 4.25. The van der Waals surface area contributed by atoms with Crippen molar-refractivity contribution in [1.82, 2.24) is 5.32 Å². The second-order valence-corrected chi connectivity index (χ2v) is 4.25. The topological polar surface area (TPSA) is 55.1 Å². The first-order chi connectivity index (χ1) is 7.88. The molecule has 1 aromatic rings. The first kappa shape index (κ1) is 13.6. The number of hydrogen-bond acceptors (Lipinski definition) is 2. The Morgan fingerprint density at radius 1 is 1.29 bits per heavy atom. The Bertz CT molecular complexity index is 387. The molecule has 0 aliphatic carbocycles. The van der Waals surface area contributed by atoms with Gasteiger partial charge < -0.3 is 11.1 Å². The van der Waals surface area contributed by atoms with Crippen LogP contribution in [0.15, 0.2) is 18.2 Å². The van der Waals surface area contributed by atoms with Gasteiger partial charge in [-0.05, 0) is 32.4 Å². The van der Waals surface area contributed by atoms with Gasteiger partial charge in [0.15, 0.2) is 0 Å². The highest BCUT2D eigenvalue weighted by Gasteiger charge is 2.12. The average Bonchev–Trinajstić information content (AvgIpc) is 2.14. The zero-order valence-electron chi connectivity index (χ0n) is 9.84. The minimum atomic E-state index is -0.769. The van der Waals surface area contributed by atoms with E-state index in [9.17, 15) is 13.6 Å². The highest BCUT2D eigenvalue weighted by molar-refractivity contribution is 5.94. The molecule has 0 saturated heterocycles. The number of carbonyl (C=O) groups excluding carboxylic acids is 1. The predicted octanol–water partition coefficient (Wildman–Crippen LogP) is 1.82. The van der Waals surface area contributed by atoms with Crippen molar-refractivity contribution in [1.29, 1.82) is 0 Å². The van der Waals surface area contributed by atoms with Crippen molar-refractivity contribution >= 4 is 5.91 Å². The summed E-state index contributed by atoms with van der Waals surface area (Å²) < 4.78 is 25.8. The van der Waals surface area contributed by atoms with Crippen LogP contribution in [-0.2, 0) is 0 Å². The van der Waals surface area contributed by atoms with Gasteiger partial charge in [0, 0.05) is 23.7 Å². The Hall–Kier alpha value is -1.49. The highest BCUT2D eigenvalue weighted by atomic mass is 19.1. The Balaban J connectivity index is 2.69. The van der Waals surface area contributed by atoms with E-state index in [1.165, 1.54) is 0 Å². The first-order valence-corrected chi connectivity index (χ1v) is 5.41. The quantitative estimate of drug-likeness (QED) is 0.846. The summed E-state index contributed by atoms with van der Waals surface area (Å²) in [5.41, 5.74) is 5.56. The zero-order valence-corrected chi connectivity index (χ0v) is 9.84. The van der Waals surface area contributed by atoms with Crippen LogP contribution in [-0.4, -0.2) is 18.0 Å². The number of halogens is 2. The smallest absolute Gasteiger partial charge is 0.251 e. The van der Waals surface area contributed by atoms with Crippen LogP contribution in [0.4, 0.5) is 8.78 Å². The lowest BCUT2D eigenvalue weighted by Crippen LogP contribution is -2.36. The first-order valence-electron chi connectivity index (χ1n) is 5.41. The monoisotopic (exact) mass is 242 g/mol. The van der Waals surface area contributed by atoms with Gasteiger partial charge in [0.1, 0.15) is 11.6 Å². The minimum absolute atomic E-state index is 0.0287. The molecule has 0 aliphatic rings. The van der Waals surface area contributed by atoms with Gasteiger partial charge in [0.25, 0.3) is 5.91 Å². The Morgan fingerprint density at radius 2 is 1.82 bits per heavy atom. The highest BCUT2D eigenvalue weighted by Crippen LogP contribution is 2.08. The largest absolute Gasteiger partial charge is 0.350 e. The Morgan fingerprint density at radius 3 is 2.29 bits per heavy atom. The predicted molar refractivity (Wildman–Crippen MR) is 61.6 cm³/mol. The van der Waals surface area contributed by atoms with E-state index in [1.807, 2.05) is 6.92 Å². The van der Waals surface area contributed by atoms with Crippen LogP contribution in [0.5, 0.6) is 0 Å². The maximum Gasteiger partial charge on any atom is 0.251 e. The molecule has 0 fully saturated rings. The number of carbonyl (C=O) groups is 1. The van der Waals surface area contributed by atoms with Crippen molar-refractivity contribution in [3.8, 4) is 0 Å². The van der Waals surface area contributed by atoms with Gasteiger partial charge in [0.05, 0.1) is 0 Å². The van der Waals surface area contributed by atoms with Gasteiger partial charge >= 0.3 is 0 Å². The van der Waals surface area contributed by atoms with Crippen LogP contribution in [0.3, 0.4) is 0 Å². The third kappa shape index (κ3) is 4.48. The summed E-state index contributed by atoms with van der Waals surface area (Å²) in [5.74, 6) is -2.04. The van der Waals surface area contributed by atoms with Crippen molar-refractivity contribution in [2.45, 2.75) is 32.4 Å². The molecule has 0 heterocycles. The van der Waals surface area contributed by atoms with Crippen LogP contribution < -0.4 is 11.1 Å². The van der Waals surface area contributed by atoms with Crippen molar-refractivity contribution in [2.24, 2.45) is 5.73 Å². The molecule has 0 spiro atoms. The van der Waals surface area contributed by atoms with E-state index in [0.29, 0.717) is 6.42 Å². The molecular formula is C12H16F2N2O. The molecule has 2 unspecified atom stereocenters. The molecule has 17 heavy (non-hydrogen) atoms. The maximum absolute atomic E-state index is 12.9. The molecule has 0 saturated carbocycles. The van der Waals surface area contributed by atoms with Crippen molar-refractivity contribution in [3.05, 3.63) is 35.4 Å². The van der Waals surface area contributed by atoms with Crippen LogP contribution in [0.1, 0.15) is 30.6 Å². The second kappa shape index (κ2) is 5.72. The summed E-state index contributed by atoms with van der Waals surface area (Å²) in [4.78, 5) is 11.7. The van der Waals surface area contributed by atoms with E-state index in [-0.39, 0.29) is 17.6 Å². The fraction of sp³-hybridized carbons (Fsp3) is 0.417. The SMILES string of the molecule is CC(N)CC(C)NC(=O)c1cc(F)cc(F)c1. The van der Waals surface area contributed by atoms with Crippen LogP contribution in [0.2, 0.25) is 0 Å². The van der Waals surface area contributed by atoms with Crippen LogP contribution in [0, 0.1) is 11.6 Å². The number of hydrogen-bond donors (Lipinski definition) is 2. The van der Waals surface area contributed by atoms with E-state index in [1.54, 1.807) is 6.92 Å². The number of amides is 1. The van der Waals surface area contributed by atoms with Gasteiger partial charge in [-0.3, -0.25) is 4.79 Å². The lowest BCUT2D eigenvalue weighted by atomic mass is 10.1. The lowest BCUT2D eigenvalue weighted by Gasteiger charge is -2.15. The number of nitrogens with one attached hydrogen (secondary N) is 1. The van der Waals surface area contributed by atoms with Crippen molar-refractivity contribution in [2.75, 3.05) is 0 Å². The molecule has 0 aliphatic heterocycles. The van der Waals surface area contributed by atoms with Gasteiger partial charge in [0.2, 0.25) is 0 Å². The summed E-state index contributed by atoms with van der Waals surface area (Å²) in [6.07, 6.45) is 0.601. The van der Waals surface area contributed by atoms with Gasteiger partial charge in [-0.15, -0.1) is 0 Å². The maximum atomic E-state index is 12.9. The number of nitrogens with two attached hydrogens (primary N) is 1. The molecule has 2 atom stereocenters. The summed E-state index contributed by atoms with van der Waals surface area (Å²) in [5, 5.41) is 2.63. The zero-order chi connectivity index (χ0) is 13.0. The molecule has 3 nitrogen and oxygen atoms in total. The average molecular weight is 242 g/mol. The lowest BCUT2D eigenvalue weighted by molar-refractivity contribution is 0.0936. The van der Waals surface area contributed by atoms with Gasteiger partial charge in [-0.25, -0.2) is 8.78 Å². The molecule has 0 bridgehead atoms. The van der Waals surface area contributed by atoms with E-state index < -0.39 is 17.5 Å². The van der Waals surface area contributed by atoms with Crippen LogP contribution >= 0.6 is 0 Å². The molecule has 1 amide bonds. The van der Waals surface area contributed by atoms with Gasteiger partial charge in [-0.1, -0.05) is 0 Å². The third-order valence-corrected chi connectivity index (χ3v) is 2.23. The summed E-state index contributed by atoms with van der Waals surface area (Å²) in [6, 6.07) is 2.53. The van der Waals surface area contributed by atoms with Crippen LogP contribution in [0.25, 0.3) is 0 Å². The molecule has 94 valence electrons. The van der Waals surface area contributed by atoms with Crippen molar-refractivity contribution in [3.63, 3.8) is 0 Å². The molecule has 1 rings (SSSR count). The van der Waals surface area contributed by atoms with E-state index in [2.05, 4.69) is 5.32 Å². The molecule has 0 radical (unpaired) electrons. The molecular weight excluding hydrogens is 226 g/mol. The number of rotatable bonds is 4. The molecule has 0 aromatic heterocycles. The fourth-order valence-electron chi connectivity index (χ4n) is 1.61. The summed E-state index contributed by atoms with van der Waals surface area (Å²) in [7, 11) is 0. The Kier molecular flexibility index (Phi) is 4.57. The molecule has 1 aromatic carbocycles. The summed E-state index contributed by atoms with van der Waals surface area (Å²) in [6.45, 7) is 3.61. The number of benzene rings is 1. The third-order valence-electron chi connectivity index (χ3n) is 2.23. The summed E-state index contributed by atoms with van der Waals surface area (Å²) >= 11 is 0. The standard InChI is InChI=1S/C12H16F2N2O/c1-7(15)3-8(2)16-12(17)9-4-10(13)6-11(14)5-9/h4-8H,3,15H2,1-2H3,(H,16,17). The van der Waals surface area contributed by atoms with Crippen molar-refractivity contribution < 1.29 is 13.6 Å².